The number of allylic oxidation sites excluding steroid dienone is 3. The standard InChI is InChI=1S/C34H39ClO6/c1-21-14-26(35)17-24(34-22(2)15-29(16-23(34)3)40-27-10-12-38-13-11-27)6-5-7-31(21)41-28-8-9-30-25(18-33(36)37-4)20-39-32(30)19-28/h8-9,14-17,19,25,27,31H,1,5-7,10-13,18,20H2,2-4H3/b24-17+,26-14+/t25-,31-/m1/s1. The van der Waals surface area contributed by atoms with E-state index in [1.807, 2.05) is 24.3 Å². The highest BCUT2D eigenvalue weighted by Crippen LogP contribution is 2.40. The van der Waals surface area contributed by atoms with Crippen LogP contribution in [0.4, 0.5) is 0 Å². The lowest BCUT2D eigenvalue weighted by Crippen LogP contribution is -2.25. The van der Waals surface area contributed by atoms with Crippen LogP contribution in [0, 0.1) is 13.8 Å². The minimum atomic E-state index is -0.241. The van der Waals surface area contributed by atoms with Crippen LogP contribution in [0.3, 0.4) is 0 Å². The predicted molar refractivity (Wildman–Crippen MR) is 161 cm³/mol. The van der Waals surface area contributed by atoms with E-state index < -0.39 is 0 Å². The fourth-order valence-corrected chi connectivity index (χ4v) is 6.25. The highest BCUT2D eigenvalue weighted by molar-refractivity contribution is 6.31. The van der Waals surface area contributed by atoms with E-state index in [-0.39, 0.29) is 24.1 Å². The largest absolute Gasteiger partial charge is 0.492 e. The summed E-state index contributed by atoms with van der Waals surface area (Å²) in [4.78, 5) is 11.8. The lowest BCUT2D eigenvalue weighted by molar-refractivity contribution is -0.141. The SMILES string of the molecule is C=C1/C=C(Cl)\C=C(\c2c(C)cc(OC3CCOCC3)cc2C)CCC[C@H]1Oc1ccc2c(c1)OC[C@H]2CC(=O)OC. The molecule has 7 heteroatoms. The molecular formula is C34H39ClO6. The molecule has 2 aromatic rings. The van der Waals surface area contributed by atoms with Crippen LogP contribution in [0.1, 0.15) is 66.7 Å². The summed E-state index contributed by atoms with van der Waals surface area (Å²) in [6, 6.07) is 10.1. The number of carbonyl (C=O) groups is 1. The first kappa shape index (κ1) is 29.3. The van der Waals surface area contributed by atoms with Crippen molar-refractivity contribution in [3.8, 4) is 17.2 Å². The number of esters is 1. The van der Waals surface area contributed by atoms with Gasteiger partial charge in [-0.2, -0.15) is 0 Å². The number of benzene rings is 2. The van der Waals surface area contributed by atoms with Gasteiger partial charge in [0.2, 0.25) is 0 Å². The number of hydrogen-bond donors (Lipinski definition) is 0. The molecule has 218 valence electrons. The van der Waals surface area contributed by atoms with Crippen molar-refractivity contribution >= 4 is 23.1 Å². The van der Waals surface area contributed by atoms with Crippen LogP contribution in [-0.2, 0) is 14.3 Å². The molecule has 0 unspecified atom stereocenters. The lowest BCUT2D eigenvalue weighted by Gasteiger charge is -2.24. The van der Waals surface area contributed by atoms with E-state index in [2.05, 4.69) is 38.6 Å². The molecule has 6 nitrogen and oxygen atoms in total. The molecule has 0 aromatic heterocycles. The molecule has 1 aliphatic carbocycles. The minimum absolute atomic E-state index is 0.00740. The van der Waals surface area contributed by atoms with Crippen LogP contribution in [0.25, 0.3) is 5.57 Å². The van der Waals surface area contributed by atoms with Gasteiger partial charge in [0.15, 0.2) is 0 Å². The Morgan fingerprint density at radius 3 is 2.51 bits per heavy atom. The van der Waals surface area contributed by atoms with Crippen LogP contribution in [-0.4, -0.2) is 45.1 Å². The monoisotopic (exact) mass is 578 g/mol. The van der Waals surface area contributed by atoms with Crippen molar-refractivity contribution in [3.05, 3.63) is 81.9 Å². The number of ether oxygens (including phenoxy) is 5. The van der Waals surface area contributed by atoms with Gasteiger partial charge in [0.1, 0.15) is 29.5 Å². The fraction of sp³-hybridized carbons (Fsp3) is 0.441. The maximum absolute atomic E-state index is 11.8. The van der Waals surface area contributed by atoms with Gasteiger partial charge in [-0.05, 0) is 91.3 Å². The number of carbonyl (C=O) groups excluding carboxylic acids is 1. The Kier molecular flexibility index (Phi) is 9.41. The Bertz CT molecular complexity index is 1330. The summed E-state index contributed by atoms with van der Waals surface area (Å²) in [5.74, 6) is 2.12. The number of rotatable bonds is 7. The molecule has 1 fully saturated rings. The van der Waals surface area contributed by atoms with E-state index in [1.54, 1.807) is 0 Å². The van der Waals surface area contributed by atoms with Crippen LogP contribution < -0.4 is 14.2 Å². The topological polar surface area (TPSA) is 63.2 Å². The molecule has 1 saturated heterocycles. The molecule has 3 aliphatic rings. The van der Waals surface area contributed by atoms with Crippen molar-refractivity contribution < 1.29 is 28.5 Å². The van der Waals surface area contributed by atoms with Crippen molar-refractivity contribution in [1.82, 2.24) is 0 Å². The Balaban J connectivity index is 1.27. The minimum Gasteiger partial charge on any atom is -0.492 e. The molecule has 2 aliphatic heterocycles. The van der Waals surface area contributed by atoms with Crippen molar-refractivity contribution in [3.63, 3.8) is 0 Å². The fourth-order valence-electron chi connectivity index (χ4n) is 5.98. The molecule has 0 saturated carbocycles. The Morgan fingerprint density at radius 1 is 1.02 bits per heavy atom. The molecule has 2 heterocycles. The summed E-state index contributed by atoms with van der Waals surface area (Å²) in [5, 5.41) is 0.629. The van der Waals surface area contributed by atoms with E-state index in [1.165, 1.54) is 29.4 Å². The molecule has 2 aromatic carbocycles. The van der Waals surface area contributed by atoms with Gasteiger partial charge >= 0.3 is 5.97 Å². The van der Waals surface area contributed by atoms with Gasteiger partial charge in [-0.3, -0.25) is 4.79 Å². The molecule has 0 amide bonds. The number of hydrogen-bond acceptors (Lipinski definition) is 6. The first-order valence-corrected chi connectivity index (χ1v) is 14.8. The zero-order chi connectivity index (χ0) is 28.9. The molecule has 0 N–H and O–H groups in total. The molecule has 41 heavy (non-hydrogen) atoms. The van der Waals surface area contributed by atoms with E-state index in [0.29, 0.717) is 23.8 Å². The summed E-state index contributed by atoms with van der Waals surface area (Å²) in [7, 11) is 1.40. The molecule has 2 atom stereocenters. The van der Waals surface area contributed by atoms with Crippen LogP contribution in [0.2, 0.25) is 0 Å². The van der Waals surface area contributed by atoms with Gasteiger partial charge in [0, 0.05) is 35.4 Å². The van der Waals surface area contributed by atoms with Crippen molar-refractivity contribution in [2.45, 2.75) is 70.5 Å². The van der Waals surface area contributed by atoms with Crippen molar-refractivity contribution in [1.29, 1.82) is 0 Å². The smallest absolute Gasteiger partial charge is 0.306 e. The van der Waals surface area contributed by atoms with Crippen LogP contribution in [0.15, 0.2) is 59.7 Å². The van der Waals surface area contributed by atoms with Gasteiger partial charge in [-0.25, -0.2) is 0 Å². The maximum atomic E-state index is 11.8. The Morgan fingerprint density at radius 2 is 1.78 bits per heavy atom. The predicted octanol–water partition coefficient (Wildman–Crippen LogP) is 7.59. The zero-order valence-electron chi connectivity index (χ0n) is 24.2. The summed E-state index contributed by atoms with van der Waals surface area (Å²) >= 11 is 6.76. The average Bonchev–Trinajstić information content (AvgIpc) is 3.35. The average molecular weight is 579 g/mol. The van der Waals surface area contributed by atoms with Crippen LogP contribution in [0.5, 0.6) is 17.2 Å². The summed E-state index contributed by atoms with van der Waals surface area (Å²) in [6.07, 6.45) is 8.66. The molecule has 0 radical (unpaired) electrons. The number of aryl methyl sites for hydroxylation is 2. The third-order valence-electron chi connectivity index (χ3n) is 8.04. The lowest BCUT2D eigenvalue weighted by atomic mass is 9.91. The van der Waals surface area contributed by atoms with Gasteiger partial charge < -0.3 is 23.7 Å². The molecule has 5 rings (SSSR count). The van der Waals surface area contributed by atoms with E-state index >= 15 is 0 Å². The third kappa shape index (κ3) is 7.17. The van der Waals surface area contributed by atoms with Gasteiger partial charge in [-0.1, -0.05) is 24.2 Å². The zero-order valence-corrected chi connectivity index (χ0v) is 24.9. The first-order valence-electron chi connectivity index (χ1n) is 14.4. The second-order valence-corrected chi connectivity index (χ2v) is 11.6. The first-order chi connectivity index (χ1) is 19.8. The normalized spacial score (nSPS) is 24.0. The highest BCUT2D eigenvalue weighted by atomic mass is 35.5. The van der Waals surface area contributed by atoms with Gasteiger partial charge in [0.25, 0.3) is 0 Å². The molecular weight excluding hydrogens is 540 g/mol. The molecule has 0 spiro atoms. The van der Waals surface area contributed by atoms with E-state index in [4.69, 9.17) is 35.3 Å². The number of methoxy groups -OCH3 is 1. The summed E-state index contributed by atoms with van der Waals surface area (Å²) in [5.41, 5.74) is 6.61. The Labute approximate surface area is 247 Å². The second-order valence-electron chi connectivity index (χ2n) is 11.1. The third-order valence-corrected chi connectivity index (χ3v) is 8.26. The van der Waals surface area contributed by atoms with Gasteiger partial charge in [0.05, 0.1) is 33.4 Å². The van der Waals surface area contributed by atoms with Crippen LogP contribution >= 0.6 is 11.6 Å². The molecule has 0 bridgehead atoms. The van der Waals surface area contributed by atoms with Gasteiger partial charge in [-0.15, -0.1) is 0 Å². The summed E-state index contributed by atoms with van der Waals surface area (Å²) < 4.78 is 28.9. The highest BCUT2D eigenvalue weighted by Gasteiger charge is 2.28. The second kappa shape index (κ2) is 13.2. The van der Waals surface area contributed by atoms with Crippen molar-refractivity contribution in [2.75, 3.05) is 26.9 Å². The quantitative estimate of drug-likeness (QED) is 0.315. The summed E-state index contributed by atoms with van der Waals surface area (Å²) in [6.45, 7) is 10.5. The number of fused-ring (bicyclic) bond motifs is 1. The van der Waals surface area contributed by atoms with Crippen molar-refractivity contribution in [2.24, 2.45) is 0 Å². The van der Waals surface area contributed by atoms with E-state index in [9.17, 15) is 4.79 Å². The number of halogens is 1. The Hall–Kier alpha value is -3.22. The maximum Gasteiger partial charge on any atom is 0.306 e. The van der Waals surface area contributed by atoms with E-state index in [0.717, 1.165) is 68.0 Å².